The van der Waals surface area contributed by atoms with E-state index in [1.807, 2.05) is 32.9 Å². The highest BCUT2D eigenvalue weighted by molar-refractivity contribution is 9.10. The van der Waals surface area contributed by atoms with Crippen LogP contribution in [0.2, 0.25) is 0 Å². The SMILES string of the molecule is Cc1c(Br)cccc1COC1=C2C=CC3=C(C2)C(=C1)CN(C(=O)OC(C)(C)C)C3. The minimum atomic E-state index is -0.502. The van der Waals surface area contributed by atoms with E-state index in [1.165, 1.54) is 22.3 Å². The van der Waals surface area contributed by atoms with E-state index in [9.17, 15) is 4.79 Å². The first-order valence-electron chi connectivity index (χ1n) is 9.90. The third-order valence-corrected chi connectivity index (χ3v) is 6.25. The highest BCUT2D eigenvalue weighted by Crippen LogP contribution is 2.39. The van der Waals surface area contributed by atoms with Crippen molar-refractivity contribution in [2.24, 2.45) is 0 Å². The number of hydrogen-bond acceptors (Lipinski definition) is 3. The maximum Gasteiger partial charge on any atom is 0.410 e. The largest absolute Gasteiger partial charge is 0.489 e. The number of fused-ring (bicyclic) bond motifs is 1. The Bertz CT molecular complexity index is 992. The summed E-state index contributed by atoms with van der Waals surface area (Å²) in [5.41, 5.74) is 6.71. The van der Waals surface area contributed by atoms with Crippen molar-refractivity contribution >= 4 is 22.0 Å². The Balaban J connectivity index is 1.54. The molecule has 0 spiro atoms. The molecule has 0 atom stereocenters. The zero-order valence-electron chi connectivity index (χ0n) is 17.3. The first kappa shape index (κ1) is 20.0. The summed E-state index contributed by atoms with van der Waals surface area (Å²) in [5, 5.41) is 0. The van der Waals surface area contributed by atoms with Crippen LogP contribution < -0.4 is 0 Å². The highest BCUT2D eigenvalue weighted by Gasteiger charge is 2.32. The molecule has 2 bridgehead atoms. The Labute approximate surface area is 180 Å². The first-order valence-corrected chi connectivity index (χ1v) is 10.7. The molecule has 1 aliphatic heterocycles. The van der Waals surface area contributed by atoms with Crippen molar-refractivity contribution in [2.45, 2.75) is 46.3 Å². The fraction of sp³-hybridized carbons (Fsp3) is 0.375. The van der Waals surface area contributed by atoms with Crippen molar-refractivity contribution in [1.29, 1.82) is 0 Å². The lowest BCUT2D eigenvalue weighted by atomic mass is 9.81. The van der Waals surface area contributed by atoms with Gasteiger partial charge in [0.15, 0.2) is 0 Å². The molecule has 0 radical (unpaired) electrons. The minimum Gasteiger partial charge on any atom is -0.489 e. The van der Waals surface area contributed by atoms with E-state index in [-0.39, 0.29) is 6.09 Å². The van der Waals surface area contributed by atoms with Crippen LogP contribution in [0.15, 0.2) is 69.0 Å². The fourth-order valence-electron chi connectivity index (χ4n) is 3.80. The normalized spacial score (nSPS) is 18.1. The van der Waals surface area contributed by atoms with Gasteiger partial charge in [-0.05, 0) is 73.3 Å². The maximum absolute atomic E-state index is 12.6. The molecule has 4 rings (SSSR count). The predicted molar refractivity (Wildman–Crippen MR) is 117 cm³/mol. The topological polar surface area (TPSA) is 38.8 Å². The van der Waals surface area contributed by atoms with Crippen LogP contribution in [0.3, 0.4) is 0 Å². The van der Waals surface area contributed by atoms with Crippen molar-refractivity contribution in [2.75, 3.05) is 13.1 Å². The van der Waals surface area contributed by atoms with E-state index >= 15 is 0 Å². The lowest BCUT2D eigenvalue weighted by Crippen LogP contribution is -2.42. The van der Waals surface area contributed by atoms with Gasteiger partial charge in [0.1, 0.15) is 18.0 Å². The number of nitrogens with zero attached hydrogens (tertiary/aromatic N) is 1. The van der Waals surface area contributed by atoms with Crippen LogP contribution >= 0.6 is 15.9 Å². The molecule has 0 N–H and O–H groups in total. The van der Waals surface area contributed by atoms with Gasteiger partial charge in [-0.25, -0.2) is 4.79 Å². The average molecular weight is 456 g/mol. The van der Waals surface area contributed by atoms with Gasteiger partial charge in [0, 0.05) is 24.0 Å². The Hall–Kier alpha value is -2.27. The number of benzene rings is 1. The molecule has 4 nitrogen and oxygen atoms in total. The van der Waals surface area contributed by atoms with Crippen molar-refractivity contribution < 1.29 is 14.3 Å². The predicted octanol–water partition coefficient (Wildman–Crippen LogP) is 5.98. The Morgan fingerprint density at radius 2 is 1.93 bits per heavy atom. The molecule has 3 aliphatic rings. The molecule has 0 saturated carbocycles. The zero-order valence-corrected chi connectivity index (χ0v) is 18.9. The van der Waals surface area contributed by atoms with E-state index in [0.29, 0.717) is 19.7 Å². The molecule has 1 aromatic carbocycles. The van der Waals surface area contributed by atoms with Gasteiger partial charge in [-0.1, -0.05) is 40.2 Å². The molecule has 152 valence electrons. The van der Waals surface area contributed by atoms with Crippen LogP contribution in [-0.4, -0.2) is 29.7 Å². The van der Waals surface area contributed by atoms with Crippen molar-refractivity contribution in [3.05, 3.63) is 80.1 Å². The van der Waals surface area contributed by atoms with E-state index in [2.05, 4.69) is 47.1 Å². The maximum atomic E-state index is 12.6. The average Bonchev–Trinajstić information content (AvgIpc) is 2.66. The van der Waals surface area contributed by atoms with Crippen LogP contribution in [0.4, 0.5) is 4.79 Å². The van der Waals surface area contributed by atoms with Gasteiger partial charge in [0.25, 0.3) is 0 Å². The molecule has 1 amide bonds. The summed E-state index contributed by atoms with van der Waals surface area (Å²) < 4.78 is 12.9. The summed E-state index contributed by atoms with van der Waals surface area (Å²) in [6.45, 7) is 9.44. The molecule has 5 heteroatoms. The van der Waals surface area contributed by atoms with E-state index in [0.717, 1.165) is 27.8 Å². The highest BCUT2D eigenvalue weighted by atomic mass is 79.9. The minimum absolute atomic E-state index is 0.272. The Kier molecular flexibility index (Phi) is 5.19. The molecule has 1 heterocycles. The van der Waals surface area contributed by atoms with Crippen molar-refractivity contribution in [3.8, 4) is 0 Å². The number of carbonyl (C=O) groups excluding carboxylic acids is 1. The summed E-state index contributed by atoms with van der Waals surface area (Å²) >= 11 is 3.58. The number of allylic oxidation sites excluding steroid dienone is 3. The summed E-state index contributed by atoms with van der Waals surface area (Å²) in [4.78, 5) is 14.4. The lowest BCUT2D eigenvalue weighted by Gasteiger charge is -2.37. The summed E-state index contributed by atoms with van der Waals surface area (Å²) in [7, 11) is 0. The standard InChI is InChI=1S/C24H26BrNO3/c1-15-18(6-5-7-21(15)25)14-28-22-11-19-13-26(23(27)29-24(2,3)4)12-17-9-8-16(22)10-20(17)19/h5-9,11H,10,12-14H2,1-4H3. The number of rotatable bonds is 3. The van der Waals surface area contributed by atoms with Gasteiger partial charge in [-0.3, -0.25) is 4.90 Å². The third kappa shape index (κ3) is 4.20. The van der Waals surface area contributed by atoms with Gasteiger partial charge < -0.3 is 9.47 Å². The monoisotopic (exact) mass is 455 g/mol. The third-order valence-electron chi connectivity index (χ3n) is 5.39. The summed E-state index contributed by atoms with van der Waals surface area (Å²) in [6, 6.07) is 6.16. The van der Waals surface area contributed by atoms with Crippen LogP contribution in [0.1, 0.15) is 38.3 Å². The van der Waals surface area contributed by atoms with Crippen LogP contribution in [0.25, 0.3) is 0 Å². The number of halogens is 1. The molecular formula is C24H26BrNO3. The molecule has 0 saturated heterocycles. The second kappa shape index (κ2) is 7.52. The molecule has 0 fully saturated rings. The van der Waals surface area contributed by atoms with Crippen molar-refractivity contribution in [1.82, 2.24) is 4.90 Å². The summed E-state index contributed by atoms with van der Waals surface area (Å²) in [5.74, 6) is 0.893. The van der Waals surface area contributed by atoms with Crippen LogP contribution in [0, 0.1) is 6.92 Å². The number of amides is 1. The number of hydrogen-bond donors (Lipinski definition) is 0. The quantitative estimate of drug-likeness (QED) is 0.562. The summed E-state index contributed by atoms with van der Waals surface area (Å²) in [6.07, 6.45) is 6.93. The Morgan fingerprint density at radius 1 is 1.17 bits per heavy atom. The van der Waals surface area contributed by atoms with Gasteiger partial charge in [0.05, 0.1) is 0 Å². The molecule has 1 aromatic rings. The fourth-order valence-corrected chi connectivity index (χ4v) is 4.21. The molecule has 0 unspecified atom stereocenters. The van der Waals surface area contributed by atoms with Crippen LogP contribution in [-0.2, 0) is 16.1 Å². The van der Waals surface area contributed by atoms with Gasteiger partial charge in [-0.2, -0.15) is 0 Å². The van der Waals surface area contributed by atoms with E-state index in [4.69, 9.17) is 9.47 Å². The van der Waals surface area contributed by atoms with Crippen LogP contribution in [0.5, 0.6) is 0 Å². The smallest absolute Gasteiger partial charge is 0.410 e. The van der Waals surface area contributed by atoms with Gasteiger partial charge in [0.2, 0.25) is 0 Å². The Morgan fingerprint density at radius 3 is 2.69 bits per heavy atom. The van der Waals surface area contributed by atoms with Gasteiger partial charge >= 0.3 is 6.09 Å². The molecule has 29 heavy (non-hydrogen) atoms. The molecule has 0 aromatic heterocycles. The second-order valence-corrected chi connectivity index (χ2v) is 9.58. The zero-order chi connectivity index (χ0) is 20.8. The molecular weight excluding hydrogens is 430 g/mol. The molecule has 2 aliphatic carbocycles. The lowest BCUT2D eigenvalue weighted by molar-refractivity contribution is 0.0278. The first-order chi connectivity index (χ1) is 13.7. The van der Waals surface area contributed by atoms with E-state index < -0.39 is 5.60 Å². The second-order valence-electron chi connectivity index (χ2n) is 8.72. The van der Waals surface area contributed by atoms with Crippen molar-refractivity contribution in [3.63, 3.8) is 0 Å². The van der Waals surface area contributed by atoms with Gasteiger partial charge in [-0.15, -0.1) is 0 Å². The van der Waals surface area contributed by atoms with E-state index in [1.54, 1.807) is 4.90 Å². The number of carbonyl (C=O) groups is 1. The number of ether oxygens (including phenoxy) is 2.